The number of carbonyl (C=O) groups is 2. The van der Waals surface area contributed by atoms with Crippen molar-refractivity contribution in [3.8, 4) is 17.1 Å². The van der Waals surface area contributed by atoms with Crippen LogP contribution in [0.15, 0.2) is 66.9 Å². The molecule has 2 aromatic heterocycles. The van der Waals surface area contributed by atoms with Crippen LogP contribution in [0, 0.1) is 0 Å². The third-order valence-corrected chi connectivity index (χ3v) is 5.05. The Labute approximate surface area is 185 Å². The fourth-order valence-electron chi connectivity index (χ4n) is 3.52. The van der Waals surface area contributed by atoms with Gasteiger partial charge in [0.25, 0.3) is 5.91 Å². The summed E-state index contributed by atoms with van der Waals surface area (Å²) in [7, 11) is 1.59. The Morgan fingerprint density at radius 1 is 1.09 bits per heavy atom. The van der Waals surface area contributed by atoms with E-state index < -0.39 is 5.91 Å². The smallest absolute Gasteiger partial charge is 0.251 e. The molecular formula is C24H23N5O3. The molecule has 3 N–H and O–H groups in total. The zero-order valence-corrected chi connectivity index (χ0v) is 17.6. The lowest BCUT2D eigenvalue weighted by Crippen LogP contribution is -2.25. The van der Waals surface area contributed by atoms with Crippen molar-refractivity contribution >= 4 is 22.8 Å². The third kappa shape index (κ3) is 4.59. The molecule has 4 aromatic rings. The van der Waals surface area contributed by atoms with E-state index in [2.05, 4.69) is 10.3 Å². The number of imidazole rings is 1. The lowest BCUT2D eigenvalue weighted by Gasteiger charge is -2.08. The summed E-state index contributed by atoms with van der Waals surface area (Å²) in [6, 6.07) is 18.3. The minimum Gasteiger partial charge on any atom is -0.497 e. The summed E-state index contributed by atoms with van der Waals surface area (Å²) in [6.07, 6.45) is 2.37. The molecule has 0 aliphatic rings. The highest BCUT2D eigenvalue weighted by Gasteiger charge is 2.16. The van der Waals surface area contributed by atoms with Gasteiger partial charge >= 0.3 is 0 Å². The molecule has 0 radical (unpaired) electrons. The van der Waals surface area contributed by atoms with Gasteiger partial charge in [-0.15, -0.1) is 0 Å². The SMILES string of the molecule is COc1cccc(-c2nc3cc(C(=O)NCCc4ccccn4)ccc3n2CC(N)=O)c1. The number of hydrogen-bond donors (Lipinski definition) is 2. The number of pyridine rings is 1. The van der Waals surface area contributed by atoms with E-state index in [0.29, 0.717) is 41.1 Å². The molecule has 0 unspecified atom stereocenters. The molecule has 162 valence electrons. The van der Waals surface area contributed by atoms with Gasteiger partial charge in [0.05, 0.1) is 18.1 Å². The fraction of sp³-hybridized carbons (Fsp3) is 0.167. The molecule has 2 aromatic carbocycles. The van der Waals surface area contributed by atoms with E-state index in [1.807, 2.05) is 42.5 Å². The van der Waals surface area contributed by atoms with Gasteiger partial charge in [0, 0.05) is 36.0 Å². The molecular weight excluding hydrogens is 406 g/mol. The Balaban J connectivity index is 1.61. The lowest BCUT2D eigenvalue weighted by molar-refractivity contribution is -0.118. The Bertz CT molecular complexity index is 1270. The molecule has 8 heteroatoms. The number of carbonyl (C=O) groups excluding carboxylic acids is 2. The molecule has 0 aliphatic carbocycles. The highest BCUT2D eigenvalue weighted by Crippen LogP contribution is 2.28. The van der Waals surface area contributed by atoms with Crippen LogP contribution in [0.2, 0.25) is 0 Å². The summed E-state index contributed by atoms with van der Waals surface area (Å²) in [5.41, 5.74) is 8.97. The Kier molecular flexibility index (Phi) is 6.12. The lowest BCUT2D eigenvalue weighted by atomic mass is 10.2. The van der Waals surface area contributed by atoms with Crippen LogP contribution < -0.4 is 15.8 Å². The largest absolute Gasteiger partial charge is 0.497 e. The van der Waals surface area contributed by atoms with Crippen molar-refractivity contribution in [1.29, 1.82) is 0 Å². The number of benzene rings is 2. The van der Waals surface area contributed by atoms with Crippen LogP contribution in [0.3, 0.4) is 0 Å². The summed E-state index contributed by atoms with van der Waals surface area (Å²) in [5, 5.41) is 2.91. The fourth-order valence-corrected chi connectivity index (χ4v) is 3.52. The number of aromatic nitrogens is 3. The minimum absolute atomic E-state index is 0.0291. The van der Waals surface area contributed by atoms with Crippen LogP contribution in [0.1, 0.15) is 16.1 Å². The third-order valence-electron chi connectivity index (χ3n) is 5.05. The molecule has 8 nitrogen and oxygen atoms in total. The van der Waals surface area contributed by atoms with Crippen molar-refractivity contribution < 1.29 is 14.3 Å². The molecule has 0 spiro atoms. The van der Waals surface area contributed by atoms with Gasteiger partial charge in [-0.3, -0.25) is 14.6 Å². The molecule has 32 heavy (non-hydrogen) atoms. The van der Waals surface area contributed by atoms with Gasteiger partial charge in [-0.1, -0.05) is 18.2 Å². The van der Waals surface area contributed by atoms with Gasteiger partial charge in [-0.25, -0.2) is 4.98 Å². The van der Waals surface area contributed by atoms with Gasteiger partial charge in [0.2, 0.25) is 5.91 Å². The Morgan fingerprint density at radius 2 is 1.97 bits per heavy atom. The summed E-state index contributed by atoms with van der Waals surface area (Å²) in [4.78, 5) is 33.3. The maximum Gasteiger partial charge on any atom is 0.251 e. The second-order valence-electron chi connectivity index (χ2n) is 7.25. The van der Waals surface area contributed by atoms with E-state index in [4.69, 9.17) is 15.5 Å². The van der Waals surface area contributed by atoms with Crippen LogP contribution in [-0.2, 0) is 17.8 Å². The molecule has 0 aliphatic heterocycles. The highest BCUT2D eigenvalue weighted by atomic mass is 16.5. The van der Waals surface area contributed by atoms with Crippen LogP contribution in [-0.4, -0.2) is 40.0 Å². The molecule has 2 heterocycles. The summed E-state index contributed by atoms with van der Waals surface area (Å²) < 4.78 is 7.05. The standard InChI is InChI=1S/C24H23N5O3/c1-32-19-7-4-5-16(13-19)23-28-20-14-17(8-9-21(20)29(23)15-22(25)30)24(31)27-12-10-18-6-2-3-11-26-18/h2-9,11,13-14H,10,12,15H2,1H3,(H2,25,30)(H,27,31). The summed E-state index contributed by atoms with van der Waals surface area (Å²) in [5.74, 6) is 0.568. The average molecular weight is 429 g/mol. The molecule has 0 fully saturated rings. The van der Waals surface area contributed by atoms with Gasteiger partial charge in [0.1, 0.15) is 18.1 Å². The van der Waals surface area contributed by atoms with Gasteiger partial charge in [-0.2, -0.15) is 0 Å². The first-order valence-corrected chi connectivity index (χ1v) is 10.2. The van der Waals surface area contributed by atoms with Gasteiger partial charge < -0.3 is 20.4 Å². The monoisotopic (exact) mass is 429 g/mol. The number of methoxy groups -OCH3 is 1. The van der Waals surface area contributed by atoms with Crippen molar-refractivity contribution in [2.45, 2.75) is 13.0 Å². The molecule has 0 bridgehead atoms. The van der Waals surface area contributed by atoms with E-state index >= 15 is 0 Å². The molecule has 2 amide bonds. The van der Waals surface area contributed by atoms with Crippen LogP contribution in [0.25, 0.3) is 22.4 Å². The predicted molar refractivity (Wildman–Crippen MR) is 121 cm³/mol. The number of amides is 2. The number of rotatable bonds is 8. The zero-order valence-electron chi connectivity index (χ0n) is 17.6. The quantitative estimate of drug-likeness (QED) is 0.447. The van der Waals surface area contributed by atoms with Crippen molar-refractivity contribution in [1.82, 2.24) is 19.9 Å². The number of nitrogens with one attached hydrogen (secondary N) is 1. The molecule has 0 atom stereocenters. The predicted octanol–water partition coefficient (Wildman–Crippen LogP) is 2.56. The first kappa shape index (κ1) is 21.0. The molecule has 4 rings (SSSR count). The first-order valence-electron chi connectivity index (χ1n) is 10.2. The van der Waals surface area contributed by atoms with Crippen LogP contribution in [0.4, 0.5) is 0 Å². The first-order chi connectivity index (χ1) is 15.5. The molecule has 0 saturated carbocycles. The van der Waals surface area contributed by atoms with Gasteiger partial charge in [0.15, 0.2) is 0 Å². The van der Waals surface area contributed by atoms with E-state index in [1.165, 1.54) is 0 Å². The Morgan fingerprint density at radius 3 is 2.72 bits per heavy atom. The Hall–Kier alpha value is -4.20. The summed E-state index contributed by atoms with van der Waals surface area (Å²) >= 11 is 0. The normalized spacial score (nSPS) is 10.8. The maximum absolute atomic E-state index is 12.6. The number of nitrogens with two attached hydrogens (primary N) is 1. The highest BCUT2D eigenvalue weighted by molar-refractivity contribution is 5.98. The number of nitrogens with zero attached hydrogens (tertiary/aromatic N) is 3. The van der Waals surface area contributed by atoms with Crippen molar-refractivity contribution in [3.05, 3.63) is 78.1 Å². The van der Waals surface area contributed by atoms with E-state index in [0.717, 1.165) is 11.3 Å². The van der Waals surface area contributed by atoms with Crippen molar-refractivity contribution in [2.75, 3.05) is 13.7 Å². The topological polar surface area (TPSA) is 112 Å². The average Bonchev–Trinajstić information content (AvgIpc) is 3.16. The zero-order chi connectivity index (χ0) is 22.5. The van der Waals surface area contributed by atoms with E-state index in [9.17, 15) is 9.59 Å². The maximum atomic E-state index is 12.6. The summed E-state index contributed by atoms with van der Waals surface area (Å²) in [6.45, 7) is 0.442. The minimum atomic E-state index is -0.482. The van der Waals surface area contributed by atoms with Crippen molar-refractivity contribution in [2.24, 2.45) is 5.73 Å². The number of ether oxygens (including phenoxy) is 1. The second kappa shape index (κ2) is 9.30. The van der Waals surface area contributed by atoms with Crippen LogP contribution >= 0.6 is 0 Å². The second-order valence-corrected chi connectivity index (χ2v) is 7.25. The number of hydrogen-bond acceptors (Lipinski definition) is 5. The van der Waals surface area contributed by atoms with Gasteiger partial charge in [-0.05, 0) is 42.5 Å². The number of primary amides is 1. The molecule has 0 saturated heterocycles. The number of fused-ring (bicyclic) bond motifs is 1. The van der Waals surface area contributed by atoms with Crippen LogP contribution in [0.5, 0.6) is 5.75 Å². The van der Waals surface area contributed by atoms with E-state index in [-0.39, 0.29) is 12.5 Å². The van der Waals surface area contributed by atoms with Crippen molar-refractivity contribution in [3.63, 3.8) is 0 Å². The van der Waals surface area contributed by atoms with E-state index in [1.54, 1.807) is 36.1 Å².